The topological polar surface area (TPSA) is 99.1 Å². The molecular formula is C7H4ClF2N3O3. The Kier molecular flexibility index (Phi) is 3.33. The fourth-order valence-electron chi connectivity index (χ4n) is 0.997. The van der Waals surface area contributed by atoms with E-state index in [-0.39, 0.29) is 0 Å². The monoisotopic (exact) mass is 251 g/mol. The van der Waals surface area contributed by atoms with E-state index in [4.69, 9.17) is 17.3 Å². The van der Waals surface area contributed by atoms with Crippen LogP contribution in [0.3, 0.4) is 0 Å². The Morgan fingerprint density at radius 2 is 2.19 bits per heavy atom. The number of hydrogen-bond acceptors (Lipinski definition) is 5. The highest BCUT2D eigenvalue weighted by molar-refractivity contribution is 6.68. The van der Waals surface area contributed by atoms with Gasteiger partial charge in [-0.2, -0.15) is 0 Å². The lowest BCUT2D eigenvalue weighted by Gasteiger charge is -2.03. The molecule has 16 heavy (non-hydrogen) atoms. The number of carbonyl (C=O) groups excluding carboxylic acids is 1. The first kappa shape index (κ1) is 12.2. The molecule has 1 aromatic rings. The molecule has 9 heteroatoms. The second-order valence-corrected chi connectivity index (χ2v) is 3.01. The van der Waals surface area contributed by atoms with Crippen LogP contribution in [0.25, 0.3) is 0 Å². The number of carbonyl (C=O) groups is 1. The van der Waals surface area contributed by atoms with Gasteiger partial charge in [0, 0.05) is 0 Å². The lowest BCUT2D eigenvalue weighted by molar-refractivity contribution is -0.390. The van der Waals surface area contributed by atoms with Gasteiger partial charge in [0.1, 0.15) is 11.1 Å². The summed E-state index contributed by atoms with van der Waals surface area (Å²) in [4.78, 5) is 23.1. The van der Waals surface area contributed by atoms with E-state index in [1.54, 1.807) is 0 Å². The molecule has 0 aliphatic carbocycles. The van der Waals surface area contributed by atoms with Gasteiger partial charge in [-0.25, -0.2) is 8.78 Å². The summed E-state index contributed by atoms with van der Waals surface area (Å²) in [5.74, 6) is -1.65. The van der Waals surface area contributed by atoms with Gasteiger partial charge in [0.25, 0.3) is 17.5 Å². The van der Waals surface area contributed by atoms with Gasteiger partial charge in [-0.1, -0.05) is 0 Å². The summed E-state index contributed by atoms with van der Waals surface area (Å²) < 4.78 is 24.8. The Morgan fingerprint density at radius 3 is 2.56 bits per heavy atom. The number of nitrogens with zero attached hydrogens (tertiary/aromatic N) is 2. The number of nitro groups is 1. The van der Waals surface area contributed by atoms with E-state index >= 15 is 0 Å². The van der Waals surface area contributed by atoms with Crippen molar-refractivity contribution < 1.29 is 18.5 Å². The zero-order valence-corrected chi connectivity index (χ0v) is 8.24. The molecule has 2 N–H and O–H groups in total. The van der Waals surface area contributed by atoms with Crippen molar-refractivity contribution in [3.8, 4) is 0 Å². The van der Waals surface area contributed by atoms with Crippen LogP contribution in [0, 0.1) is 10.1 Å². The van der Waals surface area contributed by atoms with Gasteiger partial charge in [-0.05, 0) is 27.6 Å². The van der Waals surface area contributed by atoms with Crippen LogP contribution >= 0.6 is 11.6 Å². The van der Waals surface area contributed by atoms with E-state index < -0.39 is 39.4 Å². The predicted octanol–water partition coefficient (Wildman–Crippen LogP) is 1.89. The molecule has 86 valence electrons. The molecule has 0 saturated carbocycles. The van der Waals surface area contributed by atoms with Gasteiger partial charge in [0.15, 0.2) is 0 Å². The zero-order valence-electron chi connectivity index (χ0n) is 7.49. The van der Waals surface area contributed by atoms with Crippen LogP contribution in [0.1, 0.15) is 22.3 Å². The van der Waals surface area contributed by atoms with E-state index in [1.165, 1.54) is 0 Å². The Morgan fingerprint density at radius 1 is 1.62 bits per heavy atom. The van der Waals surface area contributed by atoms with Crippen molar-refractivity contribution in [2.45, 2.75) is 6.43 Å². The summed E-state index contributed by atoms with van der Waals surface area (Å²) in [6, 6.07) is 0.570. The van der Waals surface area contributed by atoms with Crippen LogP contribution < -0.4 is 5.73 Å². The minimum atomic E-state index is -3.15. The van der Waals surface area contributed by atoms with E-state index in [9.17, 15) is 23.7 Å². The first-order valence-electron chi connectivity index (χ1n) is 3.77. The molecular weight excluding hydrogens is 248 g/mol. The van der Waals surface area contributed by atoms with Gasteiger partial charge >= 0.3 is 5.82 Å². The van der Waals surface area contributed by atoms with Crippen molar-refractivity contribution >= 4 is 28.5 Å². The average Bonchev–Trinajstić information content (AvgIpc) is 2.15. The number of alkyl halides is 2. The number of anilines is 1. The third kappa shape index (κ3) is 2.22. The number of nitrogen functional groups attached to an aromatic ring is 1. The fraction of sp³-hybridized carbons (Fsp3) is 0.143. The van der Waals surface area contributed by atoms with Gasteiger partial charge < -0.3 is 15.8 Å². The van der Waals surface area contributed by atoms with E-state index in [2.05, 4.69) is 4.98 Å². The number of pyridine rings is 1. The van der Waals surface area contributed by atoms with E-state index in [1.807, 2.05) is 0 Å². The van der Waals surface area contributed by atoms with E-state index in [0.717, 1.165) is 0 Å². The first-order chi connectivity index (χ1) is 7.34. The molecule has 6 nitrogen and oxygen atoms in total. The summed E-state index contributed by atoms with van der Waals surface area (Å²) >= 11 is 5.04. The summed E-state index contributed by atoms with van der Waals surface area (Å²) in [7, 11) is 0. The standard InChI is InChI=1S/C7H4ClF2N3O3/c8-4(14)2-1-3(5(9)10)7(13(15)16)12-6(2)11/h1,5H,(H2,11,12). The lowest BCUT2D eigenvalue weighted by atomic mass is 10.2. The van der Waals surface area contributed by atoms with Crippen molar-refractivity contribution in [1.29, 1.82) is 0 Å². The molecule has 0 atom stereocenters. The Labute approximate surface area is 92.2 Å². The average molecular weight is 252 g/mol. The number of rotatable bonds is 3. The molecule has 0 amide bonds. The summed E-state index contributed by atoms with van der Waals surface area (Å²) in [6.07, 6.45) is -3.15. The molecule has 0 aliphatic rings. The minimum absolute atomic E-state index is 0.484. The Bertz CT molecular complexity index is 466. The van der Waals surface area contributed by atoms with Crippen molar-refractivity contribution in [2.75, 3.05) is 5.73 Å². The van der Waals surface area contributed by atoms with Crippen molar-refractivity contribution in [2.24, 2.45) is 0 Å². The molecule has 0 saturated heterocycles. The molecule has 0 aromatic carbocycles. The third-order valence-corrected chi connectivity index (χ3v) is 1.88. The Hall–Kier alpha value is -1.83. The maximum absolute atomic E-state index is 12.4. The molecule has 0 fully saturated rings. The summed E-state index contributed by atoms with van der Waals surface area (Å²) in [6.45, 7) is 0. The maximum Gasteiger partial charge on any atom is 0.374 e. The number of aromatic nitrogens is 1. The summed E-state index contributed by atoms with van der Waals surface area (Å²) in [5.41, 5.74) is 3.68. The first-order valence-corrected chi connectivity index (χ1v) is 4.15. The fourth-order valence-corrected chi connectivity index (χ4v) is 1.15. The molecule has 1 aromatic heterocycles. The van der Waals surface area contributed by atoms with Crippen LogP contribution in [0.2, 0.25) is 0 Å². The normalized spacial score (nSPS) is 10.5. The SMILES string of the molecule is Nc1nc([N+](=O)[O-])c(C(F)F)cc1C(=O)Cl. The molecule has 0 radical (unpaired) electrons. The van der Waals surface area contributed by atoms with Crippen LogP contribution in [-0.2, 0) is 0 Å². The molecule has 0 bridgehead atoms. The van der Waals surface area contributed by atoms with Crippen molar-refractivity contribution in [1.82, 2.24) is 4.98 Å². The van der Waals surface area contributed by atoms with Crippen LogP contribution in [-0.4, -0.2) is 15.1 Å². The second kappa shape index (κ2) is 4.35. The highest BCUT2D eigenvalue weighted by Gasteiger charge is 2.28. The molecule has 1 heterocycles. The molecule has 0 aliphatic heterocycles. The van der Waals surface area contributed by atoms with E-state index in [0.29, 0.717) is 6.07 Å². The minimum Gasteiger partial charge on any atom is -0.362 e. The lowest BCUT2D eigenvalue weighted by Crippen LogP contribution is -2.07. The third-order valence-electron chi connectivity index (χ3n) is 1.68. The maximum atomic E-state index is 12.4. The van der Waals surface area contributed by atoms with Crippen LogP contribution in [0.5, 0.6) is 0 Å². The van der Waals surface area contributed by atoms with Crippen LogP contribution in [0.4, 0.5) is 20.4 Å². The zero-order chi connectivity index (χ0) is 12.5. The number of nitrogens with two attached hydrogens (primary N) is 1. The van der Waals surface area contributed by atoms with Crippen LogP contribution in [0.15, 0.2) is 6.07 Å². The largest absolute Gasteiger partial charge is 0.374 e. The van der Waals surface area contributed by atoms with Gasteiger partial charge in [-0.15, -0.1) is 0 Å². The van der Waals surface area contributed by atoms with Gasteiger partial charge in [0.2, 0.25) is 0 Å². The van der Waals surface area contributed by atoms with Crippen molar-refractivity contribution in [3.63, 3.8) is 0 Å². The quantitative estimate of drug-likeness (QED) is 0.502. The number of halogens is 3. The smallest absolute Gasteiger partial charge is 0.362 e. The summed E-state index contributed by atoms with van der Waals surface area (Å²) in [5, 5.41) is 9.29. The molecule has 0 unspecified atom stereocenters. The highest BCUT2D eigenvalue weighted by Crippen LogP contribution is 2.30. The molecule has 0 spiro atoms. The van der Waals surface area contributed by atoms with Gasteiger partial charge in [0.05, 0.1) is 0 Å². The number of hydrogen-bond donors (Lipinski definition) is 1. The van der Waals surface area contributed by atoms with Crippen molar-refractivity contribution in [3.05, 3.63) is 27.3 Å². The highest BCUT2D eigenvalue weighted by atomic mass is 35.5. The van der Waals surface area contributed by atoms with Gasteiger partial charge in [-0.3, -0.25) is 4.79 Å². The second-order valence-electron chi connectivity index (χ2n) is 2.67. The Balaban J connectivity index is 3.49. The molecule has 1 rings (SSSR count). The predicted molar refractivity (Wildman–Crippen MR) is 50.4 cm³/mol.